The van der Waals surface area contributed by atoms with E-state index < -0.39 is 17.1 Å². The molecule has 8 nitrogen and oxygen atoms in total. The highest BCUT2D eigenvalue weighted by Crippen LogP contribution is 2.16. The first-order valence-corrected chi connectivity index (χ1v) is 7.93. The Bertz CT molecular complexity index is 788. The molecule has 0 aliphatic carbocycles. The van der Waals surface area contributed by atoms with Crippen LogP contribution in [0.3, 0.4) is 0 Å². The molecule has 1 saturated heterocycles. The average Bonchev–Trinajstić information content (AvgIpc) is 2.73. The van der Waals surface area contributed by atoms with Crippen molar-refractivity contribution in [3.8, 4) is 6.07 Å². The second-order valence-corrected chi connectivity index (χ2v) is 6.16. The van der Waals surface area contributed by atoms with Gasteiger partial charge in [-0.3, -0.25) is 14.5 Å². The molecule has 2 rings (SSSR count). The van der Waals surface area contributed by atoms with Crippen LogP contribution in [0, 0.1) is 11.3 Å². The van der Waals surface area contributed by atoms with E-state index in [0.717, 1.165) is 4.90 Å². The molecule has 1 aromatic rings. The normalized spacial score (nSPS) is 16.2. The predicted molar refractivity (Wildman–Crippen MR) is 86.3 cm³/mol. The van der Waals surface area contributed by atoms with Gasteiger partial charge >= 0.3 is 6.03 Å². The third-order valence-corrected chi connectivity index (χ3v) is 4.12. The van der Waals surface area contributed by atoms with Crippen LogP contribution in [0.15, 0.2) is 4.79 Å². The summed E-state index contributed by atoms with van der Waals surface area (Å²) in [6.45, 7) is 7.10. The van der Waals surface area contributed by atoms with E-state index in [2.05, 4.69) is 10.4 Å². The summed E-state index contributed by atoms with van der Waals surface area (Å²) in [6, 6.07) is 1.47. The molecule has 1 N–H and O–H groups in total. The highest BCUT2D eigenvalue weighted by molar-refractivity contribution is 6.06. The van der Waals surface area contributed by atoms with E-state index in [1.54, 1.807) is 13.8 Å². The van der Waals surface area contributed by atoms with Gasteiger partial charge in [-0.25, -0.2) is 9.48 Å². The van der Waals surface area contributed by atoms with E-state index in [-0.39, 0.29) is 24.6 Å². The quantitative estimate of drug-likeness (QED) is 0.794. The molecular formula is C16H21N5O3. The van der Waals surface area contributed by atoms with Crippen molar-refractivity contribution >= 4 is 11.9 Å². The number of aryl methyl sites for hydroxylation is 1. The molecule has 0 aromatic carbocycles. The Morgan fingerprint density at radius 2 is 1.83 bits per heavy atom. The van der Waals surface area contributed by atoms with E-state index >= 15 is 0 Å². The number of hydrogen-bond acceptors (Lipinski definition) is 5. The summed E-state index contributed by atoms with van der Waals surface area (Å²) in [5, 5.41) is 16.2. The van der Waals surface area contributed by atoms with Crippen LogP contribution in [-0.2, 0) is 24.2 Å². The third-order valence-electron chi connectivity index (χ3n) is 4.12. The van der Waals surface area contributed by atoms with Gasteiger partial charge in [0.05, 0.1) is 18.8 Å². The first-order valence-electron chi connectivity index (χ1n) is 7.93. The van der Waals surface area contributed by atoms with Crippen molar-refractivity contribution in [2.24, 2.45) is 0 Å². The largest absolute Gasteiger partial charge is 0.325 e. The van der Waals surface area contributed by atoms with Crippen molar-refractivity contribution in [2.75, 3.05) is 6.54 Å². The summed E-state index contributed by atoms with van der Waals surface area (Å²) < 4.78 is 1.17. The number of aromatic nitrogens is 2. The van der Waals surface area contributed by atoms with E-state index in [4.69, 9.17) is 0 Å². The topological polar surface area (TPSA) is 108 Å². The van der Waals surface area contributed by atoms with Gasteiger partial charge in [-0.15, -0.1) is 0 Å². The zero-order valence-corrected chi connectivity index (χ0v) is 14.3. The minimum Gasteiger partial charge on any atom is -0.324 e. The summed E-state index contributed by atoms with van der Waals surface area (Å²) in [6.07, 6.45) is 1.14. The summed E-state index contributed by atoms with van der Waals surface area (Å²) in [5.74, 6) is -0.345. The maximum atomic E-state index is 12.4. The molecule has 0 saturated carbocycles. The number of nitriles is 1. The number of nitrogens with one attached hydrogen (secondary N) is 1. The van der Waals surface area contributed by atoms with Crippen molar-refractivity contribution in [2.45, 2.75) is 52.6 Å². The van der Waals surface area contributed by atoms with Gasteiger partial charge in [-0.1, -0.05) is 13.8 Å². The molecule has 1 fully saturated rings. The smallest absolute Gasteiger partial charge is 0.324 e. The summed E-state index contributed by atoms with van der Waals surface area (Å²) in [4.78, 5) is 37.5. The fourth-order valence-electron chi connectivity index (χ4n) is 2.80. The highest BCUT2D eigenvalue weighted by atomic mass is 16.2. The molecule has 1 aliphatic rings. The molecular weight excluding hydrogens is 310 g/mol. The third kappa shape index (κ3) is 2.89. The molecule has 1 aromatic heterocycles. The number of amides is 3. The minimum atomic E-state index is -0.950. The second kappa shape index (κ2) is 6.43. The maximum absolute atomic E-state index is 12.4. The van der Waals surface area contributed by atoms with Gasteiger partial charge in [0, 0.05) is 0 Å². The van der Waals surface area contributed by atoms with Crippen LogP contribution in [0.2, 0.25) is 0 Å². The fourth-order valence-corrected chi connectivity index (χ4v) is 2.80. The van der Waals surface area contributed by atoms with Crippen LogP contribution in [0.25, 0.3) is 0 Å². The molecule has 3 amide bonds. The number of carbonyl (C=O) groups excluding carboxylic acids is 2. The number of rotatable bonds is 5. The van der Waals surface area contributed by atoms with Crippen LogP contribution >= 0.6 is 0 Å². The lowest BCUT2D eigenvalue weighted by Crippen LogP contribution is -2.41. The Morgan fingerprint density at radius 1 is 1.17 bits per heavy atom. The molecule has 24 heavy (non-hydrogen) atoms. The number of urea groups is 1. The molecule has 128 valence electrons. The monoisotopic (exact) mass is 331 g/mol. The Morgan fingerprint density at radius 3 is 2.29 bits per heavy atom. The van der Waals surface area contributed by atoms with Gasteiger partial charge < -0.3 is 5.32 Å². The fraction of sp³-hybridized carbons (Fsp3) is 0.562. The summed E-state index contributed by atoms with van der Waals surface area (Å²) in [7, 11) is 0. The van der Waals surface area contributed by atoms with Crippen LogP contribution < -0.4 is 10.9 Å². The number of carbonyl (C=O) groups is 2. The zero-order chi connectivity index (χ0) is 18.1. The van der Waals surface area contributed by atoms with Gasteiger partial charge in [0.15, 0.2) is 0 Å². The van der Waals surface area contributed by atoms with Gasteiger partial charge in [0.1, 0.15) is 17.2 Å². The first-order chi connectivity index (χ1) is 11.3. The van der Waals surface area contributed by atoms with E-state index in [9.17, 15) is 19.6 Å². The van der Waals surface area contributed by atoms with Crippen molar-refractivity contribution in [3.63, 3.8) is 0 Å². The van der Waals surface area contributed by atoms with Crippen molar-refractivity contribution < 1.29 is 9.59 Å². The number of hydrogen-bond donors (Lipinski definition) is 1. The lowest BCUT2D eigenvalue weighted by molar-refractivity contribution is -0.130. The lowest BCUT2D eigenvalue weighted by Gasteiger charge is -2.17. The second-order valence-electron chi connectivity index (χ2n) is 6.16. The SMILES string of the molecule is CCc1nn(CCN2C(=O)NC(C)(C)C2=O)c(=O)c(C#N)c1CC. The first kappa shape index (κ1) is 17.7. The predicted octanol–water partition coefficient (Wildman–Crippen LogP) is 0.570. The van der Waals surface area contributed by atoms with Crippen LogP contribution in [0.1, 0.15) is 44.5 Å². The van der Waals surface area contributed by atoms with Crippen molar-refractivity contribution in [1.29, 1.82) is 5.26 Å². The van der Waals surface area contributed by atoms with E-state index in [1.165, 1.54) is 4.68 Å². The lowest BCUT2D eigenvalue weighted by atomic mass is 10.0. The standard InChI is InChI=1S/C16H21N5O3/c1-5-10-11(9-17)13(22)21(19-12(10)6-2)8-7-20-14(23)16(3,4)18-15(20)24/h5-8H2,1-4H3,(H,18,24). The molecule has 8 heteroatoms. The Labute approximate surface area is 140 Å². The molecule has 2 heterocycles. The molecule has 1 aliphatic heterocycles. The van der Waals surface area contributed by atoms with Crippen molar-refractivity contribution in [3.05, 3.63) is 27.2 Å². The Kier molecular flexibility index (Phi) is 4.73. The average molecular weight is 331 g/mol. The minimum absolute atomic E-state index is 0.0283. The Hall–Kier alpha value is -2.69. The van der Waals surface area contributed by atoms with Crippen molar-refractivity contribution in [1.82, 2.24) is 20.0 Å². The van der Waals surface area contributed by atoms with Gasteiger partial charge in [0.2, 0.25) is 0 Å². The van der Waals surface area contributed by atoms with E-state index in [0.29, 0.717) is 24.1 Å². The van der Waals surface area contributed by atoms with Crippen LogP contribution in [0.4, 0.5) is 4.79 Å². The number of imide groups is 1. The molecule has 0 spiro atoms. The molecule has 0 bridgehead atoms. The molecule has 0 atom stereocenters. The number of nitrogens with zero attached hydrogens (tertiary/aromatic N) is 4. The van der Waals surface area contributed by atoms with Gasteiger partial charge in [-0.2, -0.15) is 10.4 Å². The Balaban J connectivity index is 2.32. The van der Waals surface area contributed by atoms with Crippen LogP contribution in [0.5, 0.6) is 0 Å². The van der Waals surface area contributed by atoms with E-state index in [1.807, 2.05) is 19.9 Å². The van der Waals surface area contributed by atoms with Gasteiger partial charge in [0.25, 0.3) is 11.5 Å². The van der Waals surface area contributed by atoms with Gasteiger partial charge in [-0.05, 0) is 32.3 Å². The summed E-state index contributed by atoms with van der Waals surface area (Å²) >= 11 is 0. The molecule has 0 radical (unpaired) electrons. The maximum Gasteiger partial charge on any atom is 0.325 e. The zero-order valence-electron chi connectivity index (χ0n) is 14.3. The molecule has 0 unspecified atom stereocenters. The van der Waals surface area contributed by atoms with Crippen LogP contribution in [-0.4, -0.2) is 38.7 Å². The highest BCUT2D eigenvalue weighted by Gasteiger charge is 2.43. The summed E-state index contributed by atoms with van der Waals surface area (Å²) in [5.41, 5.74) is -0.00296.